The number of nitrogens with one attached hydrogen (secondary N) is 1. The van der Waals surface area contributed by atoms with E-state index in [1.54, 1.807) is 0 Å². The molecule has 1 heterocycles. The summed E-state index contributed by atoms with van der Waals surface area (Å²) in [5.74, 6) is -0.523. The normalized spacial score (nSPS) is 18.6. The molecular weight excluding hydrogens is 244 g/mol. The van der Waals surface area contributed by atoms with Crippen LogP contribution in [0.1, 0.15) is 48.9 Å². The largest absolute Gasteiger partial charge is 0.505 e. The topological polar surface area (TPSA) is 82.5 Å². The Kier molecular flexibility index (Phi) is 4.37. The average Bonchev–Trinajstić information content (AvgIpc) is 2.62. The predicted molar refractivity (Wildman–Crippen MR) is 70.9 cm³/mol. The van der Waals surface area contributed by atoms with Gasteiger partial charge in [0.15, 0.2) is 0 Å². The zero-order valence-electron chi connectivity index (χ0n) is 10.9. The first-order valence-corrected chi connectivity index (χ1v) is 6.74. The lowest BCUT2D eigenvalue weighted by molar-refractivity contribution is 0.0246. The van der Waals surface area contributed by atoms with E-state index in [1.807, 2.05) is 0 Å². The van der Waals surface area contributed by atoms with Gasteiger partial charge in [0.2, 0.25) is 0 Å². The lowest BCUT2D eigenvalue weighted by atomic mass is 9.94. The van der Waals surface area contributed by atoms with Gasteiger partial charge in [0.25, 0.3) is 5.91 Å². The molecule has 0 aromatic carbocycles. The lowest BCUT2D eigenvalue weighted by Gasteiger charge is -2.26. The molecule has 0 saturated heterocycles. The van der Waals surface area contributed by atoms with Gasteiger partial charge in [0.1, 0.15) is 5.75 Å². The van der Waals surface area contributed by atoms with Gasteiger partial charge < -0.3 is 15.5 Å². The Morgan fingerprint density at radius 2 is 2.00 bits per heavy atom. The molecule has 1 aliphatic carbocycles. The number of hydrogen-bond acceptors (Lipinski definition) is 4. The molecular formula is C14H20N2O3. The van der Waals surface area contributed by atoms with E-state index in [-0.39, 0.29) is 23.8 Å². The molecule has 0 unspecified atom stereocenters. The predicted octanol–water partition coefficient (Wildman–Crippen LogP) is 1.60. The van der Waals surface area contributed by atoms with E-state index in [0.29, 0.717) is 0 Å². The summed E-state index contributed by atoms with van der Waals surface area (Å²) in [6, 6.07) is 1.46. The Hall–Kier alpha value is -1.62. The minimum Gasteiger partial charge on any atom is -0.505 e. The third-order valence-electron chi connectivity index (χ3n) is 3.66. The number of nitrogens with zero attached hydrogens (tertiary/aromatic N) is 1. The summed E-state index contributed by atoms with van der Waals surface area (Å²) in [6.07, 6.45) is 8.39. The van der Waals surface area contributed by atoms with E-state index >= 15 is 0 Å². The zero-order chi connectivity index (χ0) is 13.7. The maximum atomic E-state index is 11.9. The maximum Gasteiger partial charge on any atom is 0.255 e. The van der Waals surface area contributed by atoms with Crippen molar-refractivity contribution in [2.75, 3.05) is 6.54 Å². The fourth-order valence-corrected chi connectivity index (χ4v) is 2.48. The van der Waals surface area contributed by atoms with Gasteiger partial charge in [-0.25, -0.2) is 0 Å². The van der Waals surface area contributed by atoms with Crippen LogP contribution < -0.4 is 5.32 Å². The molecule has 1 aromatic rings. The maximum absolute atomic E-state index is 11.9. The summed E-state index contributed by atoms with van der Waals surface area (Å²) in [5.41, 5.74) is -0.623. The molecule has 104 valence electrons. The van der Waals surface area contributed by atoms with Crippen LogP contribution in [-0.4, -0.2) is 33.3 Å². The SMILES string of the molecule is O=C(NCC1(O)CCCCCC1)c1ccncc1O. The molecule has 1 fully saturated rings. The fraction of sp³-hybridized carbons (Fsp3) is 0.571. The Labute approximate surface area is 112 Å². The molecule has 19 heavy (non-hydrogen) atoms. The summed E-state index contributed by atoms with van der Waals surface area (Å²) in [5, 5.41) is 22.7. The first-order valence-electron chi connectivity index (χ1n) is 6.74. The highest BCUT2D eigenvalue weighted by atomic mass is 16.3. The molecule has 0 spiro atoms. The molecule has 0 bridgehead atoms. The summed E-state index contributed by atoms with van der Waals surface area (Å²) < 4.78 is 0. The quantitative estimate of drug-likeness (QED) is 0.724. The number of carbonyl (C=O) groups excluding carboxylic acids is 1. The molecule has 1 saturated carbocycles. The van der Waals surface area contributed by atoms with Crippen LogP contribution in [0.15, 0.2) is 18.5 Å². The molecule has 2 rings (SSSR count). The van der Waals surface area contributed by atoms with Crippen molar-refractivity contribution in [1.82, 2.24) is 10.3 Å². The summed E-state index contributed by atoms with van der Waals surface area (Å²) in [6.45, 7) is 0.230. The zero-order valence-corrected chi connectivity index (χ0v) is 10.9. The molecule has 1 aliphatic rings. The lowest BCUT2D eigenvalue weighted by Crippen LogP contribution is -2.42. The van der Waals surface area contributed by atoms with Crippen LogP contribution in [-0.2, 0) is 0 Å². The second kappa shape index (κ2) is 6.02. The third-order valence-corrected chi connectivity index (χ3v) is 3.66. The van der Waals surface area contributed by atoms with Crippen molar-refractivity contribution in [3.05, 3.63) is 24.0 Å². The number of aliphatic hydroxyl groups is 1. The number of rotatable bonds is 3. The smallest absolute Gasteiger partial charge is 0.255 e. The van der Waals surface area contributed by atoms with Gasteiger partial charge in [-0.1, -0.05) is 25.7 Å². The highest BCUT2D eigenvalue weighted by Gasteiger charge is 2.28. The van der Waals surface area contributed by atoms with E-state index in [1.165, 1.54) is 18.5 Å². The van der Waals surface area contributed by atoms with Crippen molar-refractivity contribution in [3.63, 3.8) is 0 Å². The fourth-order valence-electron chi connectivity index (χ4n) is 2.48. The third kappa shape index (κ3) is 3.67. The minimum absolute atomic E-state index is 0.146. The summed E-state index contributed by atoms with van der Waals surface area (Å²) >= 11 is 0. The highest BCUT2D eigenvalue weighted by Crippen LogP contribution is 2.26. The van der Waals surface area contributed by atoms with Crippen LogP contribution in [0.3, 0.4) is 0 Å². The van der Waals surface area contributed by atoms with E-state index in [4.69, 9.17) is 0 Å². The number of aromatic hydroxyl groups is 1. The van der Waals surface area contributed by atoms with Crippen LogP contribution in [0, 0.1) is 0 Å². The van der Waals surface area contributed by atoms with Crippen LogP contribution in [0.5, 0.6) is 5.75 Å². The molecule has 0 aliphatic heterocycles. The van der Waals surface area contributed by atoms with Crippen molar-refractivity contribution in [1.29, 1.82) is 0 Å². The van der Waals surface area contributed by atoms with Crippen LogP contribution in [0.4, 0.5) is 0 Å². The number of pyridine rings is 1. The van der Waals surface area contributed by atoms with Gasteiger partial charge in [0.05, 0.1) is 17.4 Å². The minimum atomic E-state index is -0.811. The average molecular weight is 264 g/mol. The van der Waals surface area contributed by atoms with Crippen LogP contribution in [0.2, 0.25) is 0 Å². The molecule has 5 heteroatoms. The number of carbonyl (C=O) groups is 1. The molecule has 3 N–H and O–H groups in total. The Balaban J connectivity index is 1.94. The van der Waals surface area contributed by atoms with E-state index in [9.17, 15) is 15.0 Å². The second-order valence-electron chi connectivity index (χ2n) is 5.21. The van der Waals surface area contributed by atoms with Crippen molar-refractivity contribution in [2.24, 2.45) is 0 Å². The first-order chi connectivity index (χ1) is 9.11. The van der Waals surface area contributed by atoms with E-state index in [0.717, 1.165) is 38.5 Å². The van der Waals surface area contributed by atoms with Crippen molar-refractivity contribution < 1.29 is 15.0 Å². The first kappa shape index (κ1) is 13.8. The molecule has 1 aromatic heterocycles. The van der Waals surface area contributed by atoms with Gasteiger partial charge in [0, 0.05) is 12.7 Å². The standard InChI is InChI=1S/C14H20N2O3/c17-12-9-15-8-5-11(12)13(18)16-10-14(19)6-3-1-2-4-7-14/h5,8-9,17,19H,1-4,6-7,10H2,(H,16,18). The number of aromatic nitrogens is 1. The second-order valence-corrected chi connectivity index (χ2v) is 5.21. The summed E-state index contributed by atoms with van der Waals surface area (Å²) in [7, 11) is 0. The van der Waals surface area contributed by atoms with Gasteiger partial charge in [-0.15, -0.1) is 0 Å². The van der Waals surface area contributed by atoms with E-state index < -0.39 is 5.60 Å². The van der Waals surface area contributed by atoms with E-state index in [2.05, 4.69) is 10.3 Å². The van der Waals surface area contributed by atoms with Crippen LogP contribution in [0.25, 0.3) is 0 Å². The Bertz CT molecular complexity index is 440. The van der Waals surface area contributed by atoms with Crippen LogP contribution >= 0.6 is 0 Å². The van der Waals surface area contributed by atoms with Crippen molar-refractivity contribution in [3.8, 4) is 5.75 Å². The Morgan fingerprint density at radius 1 is 1.32 bits per heavy atom. The van der Waals surface area contributed by atoms with Gasteiger partial charge in [-0.3, -0.25) is 9.78 Å². The Morgan fingerprint density at radius 3 is 2.63 bits per heavy atom. The summed E-state index contributed by atoms with van der Waals surface area (Å²) in [4.78, 5) is 15.7. The molecule has 0 atom stereocenters. The van der Waals surface area contributed by atoms with Crippen molar-refractivity contribution >= 4 is 5.91 Å². The number of amides is 1. The van der Waals surface area contributed by atoms with Gasteiger partial charge >= 0.3 is 0 Å². The van der Waals surface area contributed by atoms with Gasteiger partial charge in [-0.05, 0) is 18.9 Å². The highest BCUT2D eigenvalue weighted by molar-refractivity contribution is 5.96. The van der Waals surface area contributed by atoms with Crippen molar-refractivity contribution in [2.45, 2.75) is 44.1 Å². The van der Waals surface area contributed by atoms with Gasteiger partial charge in [-0.2, -0.15) is 0 Å². The molecule has 0 radical (unpaired) electrons. The number of hydrogen-bond donors (Lipinski definition) is 3. The molecule has 5 nitrogen and oxygen atoms in total. The monoisotopic (exact) mass is 264 g/mol. The molecule has 1 amide bonds.